The average molecular weight is 300 g/mol. The van der Waals surface area contributed by atoms with E-state index in [0.29, 0.717) is 36.0 Å². The first-order chi connectivity index (χ1) is 9.52. The van der Waals surface area contributed by atoms with Crippen LogP contribution < -0.4 is 10.6 Å². The molecule has 110 valence electrons. The van der Waals surface area contributed by atoms with Crippen molar-refractivity contribution in [2.45, 2.75) is 0 Å². The number of rotatable bonds is 4. The second-order valence-electron chi connectivity index (χ2n) is 4.76. The summed E-state index contributed by atoms with van der Waals surface area (Å²) in [7, 11) is 0. The summed E-state index contributed by atoms with van der Waals surface area (Å²) >= 11 is 6.17. The van der Waals surface area contributed by atoms with E-state index in [1.165, 1.54) is 6.07 Å². The van der Waals surface area contributed by atoms with Crippen LogP contribution in [-0.2, 0) is 0 Å². The summed E-state index contributed by atoms with van der Waals surface area (Å²) in [5.41, 5.74) is 6.65. The Morgan fingerprint density at radius 3 is 2.50 bits per heavy atom. The molecule has 6 nitrogen and oxygen atoms in total. The molecule has 0 aromatic heterocycles. The number of nitrogen functional groups attached to an aromatic ring is 1. The van der Waals surface area contributed by atoms with Gasteiger partial charge in [0.1, 0.15) is 0 Å². The normalized spacial score (nSPS) is 16.4. The van der Waals surface area contributed by atoms with E-state index < -0.39 is 5.97 Å². The van der Waals surface area contributed by atoms with E-state index in [9.17, 15) is 9.90 Å². The van der Waals surface area contributed by atoms with E-state index >= 15 is 0 Å². The zero-order chi connectivity index (χ0) is 14.7. The first kappa shape index (κ1) is 14.9. The number of benzene rings is 1. The van der Waals surface area contributed by atoms with E-state index in [4.69, 9.17) is 22.4 Å². The fourth-order valence-electron chi connectivity index (χ4n) is 2.44. The highest BCUT2D eigenvalue weighted by Gasteiger charge is 2.24. The summed E-state index contributed by atoms with van der Waals surface area (Å²) in [5, 5.41) is 18.6. The van der Waals surface area contributed by atoms with Gasteiger partial charge in [-0.25, -0.2) is 4.79 Å². The molecular weight excluding hydrogens is 282 g/mol. The molecular formula is C13H18ClN3O3. The lowest BCUT2D eigenvalue weighted by atomic mass is 10.1. The summed E-state index contributed by atoms with van der Waals surface area (Å²) < 4.78 is 0. The number of hydrogen-bond acceptors (Lipinski definition) is 5. The number of carboxylic acids is 1. The van der Waals surface area contributed by atoms with Gasteiger partial charge in [0.25, 0.3) is 0 Å². The second kappa shape index (κ2) is 6.30. The molecule has 7 heteroatoms. The Kier molecular flexibility index (Phi) is 4.69. The lowest BCUT2D eigenvalue weighted by Crippen LogP contribution is -2.47. The molecule has 1 aliphatic heterocycles. The summed E-state index contributed by atoms with van der Waals surface area (Å²) in [5.74, 6) is -1.04. The third kappa shape index (κ3) is 3.15. The molecule has 1 fully saturated rings. The number of carbonyl (C=O) groups is 1. The Hall–Kier alpha value is -1.50. The van der Waals surface area contributed by atoms with Crippen LogP contribution in [0.2, 0.25) is 5.02 Å². The molecule has 2 rings (SSSR count). The molecule has 1 saturated heterocycles. The molecule has 0 amide bonds. The zero-order valence-corrected chi connectivity index (χ0v) is 11.8. The average Bonchev–Trinajstić information content (AvgIpc) is 2.39. The van der Waals surface area contributed by atoms with E-state index in [2.05, 4.69) is 4.90 Å². The number of anilines is 2. The summed E-state index contributed by atoms with van der Waals surface area (Å²) in [4.78, 5) is 15.4. The Labute approximate surface area is 122 Å². The highest BCUT2D eigenvalue weighted by Crippen LogP contribution is 2.33. The molecule has 0 atom stereocenters. The van der Waals surface area contributed by atoms with Gasteiger partial charge in [0.15, 0.2) is 0 Å². The van der Waals surface area contributed by atoms with Gasteiger partial charge < -0.3 is 20.8 Å². The largest absolute Gasteiger partial charge is 0.478 e. The fraction of sp³-hybridized carbons (Fsp3) is 0.462. The molecule has 0 spiro atoms. The van der Waals surface area contributed by atoms with Gasteiger partial charge in [-0.1, -0.05) is 11.6 Å². The van der Waals surface area contributed by atoms with Crippen LogP contribution in [0.5, 0.6) is 0 Å². The van der Waals surface area contributed by atoms with Gasteiger partial charge in [-0.2, -0.15) is 0 Å². The molecule has 1 heterocycles. The third-order valence-corrected chi connectivity index (χ3v) is 3.71. The van der Waals surface area contributed by atoms with Crippen molar-refractivity contribution in [2.75, 3.05) is 50.0 Å². The zero-order valence-electron chi connectivity index (χ0n) is 11.0. The van der Waals surface area contributed by atoms with Crippen LogP contribution in [0.4, 0.5) is 11.4 Å². The molecule has 20 heavy (non-hydrogen) atoms. The van der Waals surface area contributed by atoms with Gasteiger partial charge in [-0.15, -0.1) is 0 Å². The first-order valence-corrected chi connectivity index (χ1v) is 6.81. The molecule has 0 bridgehead atoms. The maximum absolute atomic E-state index is 11.4. The SMILES string of the molecule is Nc1cc(Cl)c(N2CCN(CCO)CC2)c(C(=O)O)c1. The van der Waals surface area contributed by atoms with Crippen LogP contribution in [0, 0.1) is 0 Å². The number of nitrogens with zero attached hydrogens (tertiary/aromatic N) is 2. The van der Waals surface area contributed by atoms with Crippen LogP contribution >= 0.6 is 11.6 Å². The minimum absolute atomic E-state index is 0.128. The first-order valence-electron chi connectivity index (χ1n) is 6.43. The number of carboxylic acid groups (broad SMARTS) is 1. The maximum Gasteiger partial charge on any atom is 0.337 e. The van der Waals surface area contributed by atoms with Crippen molar-refractivity contribution in [1.82, 2.24) is 4.90 Å². The van der Waals surface area contributed by atoms with Gasteiger partial charge in [0.05, 0.1) is 22.9 Å². The van der Waals surface area contributed by atoms with Crippen LogP contribution in [0.1, 0.15) is 10.4 Å². The van der Waals surface area contributed by atoms with Gasteiger partial charge in [-0.05, 0) is 12.1 Å². The second-order valence-corrected chi connectivity index (χ2v) is 5.16. The van der Waals surface area contributed by atoms with Crippen molar-refractivity contribution in [3.63, 3.8) is 0 Å². The number of hydrogen-bond donors (Lipinski definition) is 3. The molecule has 4 N–H and O–H groups in total. The van der Waals surface area contributed by atoms with E-state index in [1.807, 2.05) is 4.90 Å². The van der Waals surface area contributed by atoms with E-state index in [1.54, 1.807) is 6.07 Å². The number of aromatic carboxylic acids is 1. The Balaban J connectivity index is 2.23. The molecule has 1 aliphatic rings. The predicted octanol–water partition coefficient (Wildman–Crippen LogP) is 0.735. The molecule has 0 aliphatic carbocycles. The monoisotopic (exact) mass is 299 g/mol. The van der Waals surface area contributed by atoms with Crippen molar-refractivity contribution in [1.29, 1.82) is 0 Å². The quantitative estimate of drug-likeness (QED) is 0.710. The van der Waals surface area contributed by atoms with Gasteiger partial charge in [0.2, 0.25) is 0 Å². The van der Waals surface area contributed by atoms with Crippen LogP contribution in [0.15, 0.2) is 12.1 Å². The Morgan fingerprint density at radius 1 is 1.30 bits per heavy atom. The molecule has 1 aromatic rings. The Bertz CT molecular complexity index is 502. The van der Waals surface area contributed by atoms with E-state index in [0.717, 1.165) is 13.1 Å². The molecule has 0 saturated carbocycles. The number of halogens is 1. The summed E-state index contributed by atoms with van der Waals surface area (Å²) in [6.07, 6.45) is 0. The van der Waals surface area contributed by atoms with Gasteiger partial charge in [-0.3, -0.25) is 4.90 Å². The van der Waals surface area contributed by atoms with Crippen molar-refractivity contribution in [3.8, 4) is 0 Å². The number of β-amino-alcohol motifs (C(OH)–C–C–N with tert-alkyl or cyclic N) is 1. The third-order valence-electron chi connectivity index (χ3n) is 3.42. The summed E-state index contributed by atoms with van der Waals surface area (Å²) in [6, 6.07) is 3.01. The van der Waals surface area contributed by atoms with Crippen molar-refractivity contribution in [3.05, 3.63) is 22.7 Å². The lowest BCUT2D eigenvalue weighted by molar-refractivity contribution is 0.0697. The van der Waals surface area contributed by atoms with E-state index in [-0.39, 0.29) is 12.2 Å². The number of piperazine rings is 1. The van der Waals surface area contributed by atoms with Gasteiger partial charge in [0, 0.05) is 38.4 Å². The standard InChI is InChI=1S/C13H18ClN3O3/c14-11-8-9(15)7-10(13(19)20)12(11)17-3-1-16(2-4-17)5-6-18/h7-8,18H,1-6,15H2,(H,19,20). The maximum atomic E-state index is 11.4. The Morgan fingerprint density at radius 2 is 1.95 bits per heavy atom. The highest BCUT2D eigenvalue weighted by atomic mass is 35.5. The highest BCUT2D eigenvalue weighted by molar-refractivity contribution is 6.34. The molecule has 0 unspecified atom stereocenters. The predicted molar refractivity (Wildman–Crippen MR) is 78.6 cm³/mol. The van der Waals surface area contributed by atoms with Crippen molar-refractivity contribution in [2.24, 2.45) is 0 Å². The molecule has 0 radical (unpaired) electrons. The smallest absolute Gasteiger partial charge is 0.337 e. The topological polar surface area (TPSA) is 90.0 Å². The minimum atomic E-state index is -1.04. The van der Waals surface area contributed by atoms with Crippen LogP contribution in [-0.4, -0.2) is 60.4 Å². The molecule has 1 aromatic carbocycles. The van der Waals surface area contributed by atoms with Crippen LogP contribution in [0.3, 0.4) is 0 Å². The minimum Gasteiger partial charge on any atom is -0.478 e. The van der Waals surface area contributed by atoms with Crippen molar-refractivity contribution >= 4 is 28.9 Å². The number of aliphatic hydroxyl groups is 1. The lowest BCUT2D eigenvalue weighted by Gasteiger charge is -2.36. The number of nitrogens with two attached hydrogens (primary N) is 1. The van der Waals surface area contributed by atoms with Crippen LogP contribution in [0.25, 0.3) is 0 Å². The van der Waals surface area contributed by atoms with Crippen molar-refractivity contribution < 1.29 is 15.0 Å². The number of aliphatic hydroxyl groups excluding tert-OH is 1. The van der Waals surface area contributed by atoms with Gasteiger partial charge >= 0.3 is 5.97 Å². The fourth-order valence-corrected chi connectivity index (χ4v) is 2.79. The summed E-state index contributed by atoms with van der Waals surface area (Å²) in [6.45, 7) is 3.63.